The molecule has 1 aromatic heterocycles. The molecule has 1 rings (SSSR count). The van der Waals surface area contributed by atoms with Gasteiger partial charge in [0.1, 0.15) is 0 Å². The van der Waals surface area contributed by atoms with Crippen molar-refractivity contribution < 1.29 is 9.59 Å². The van der Waals surface area contributed by atoms with Gasteiger partial charge in [0.25, 0.3) is 0 Å². The first kappa shape index (κ1) is 15.4. The van der Waals surface area contributed by atoms with Gasteiger partial charge in [0.05, 0.1) is 6.54 Å². The van der Waals surface area contributed by atoms with Crippen LogP contribution in [0.25, 0.3) is 0 Å². The summed E-state index contributed by atoms with van der Waals surface area (Å²) in [6.07, 6.45) is 1.55. The number of hydrogen-bond acceptors (Lipinski definition) is 4. The van der Waals surface area contributed by atoms with E-state index < -0.39 is 6.03 Å². The van der Waals surface area contributed by atoms with Gasteiger partial charge in [0.15, 0.2) is 0 Å². The van der Waals surface area contributed by atoms with Crippen molar-refractivity contribution in [3.05, 3.63) is 35.0 Å². The maximum absolute atomic E-state index is 11.7. The SMILES string of the molecule is C=CCNC(=O)NC(=O)CN(C)C(C)c1cccs1. The van der Waals surface area contributed by atoms with E-state index >= 15 is 0 Å². The van der Waals surface area contributed by atoms with E-state index in [-0.39, 0.29) is 18.5 Å². The molecule has 1 heterocycles. The minimum Gasteiger partial charge on any atom is -0.334 e. The lowest BCUT2D eigenvalue weighted by atomic mass is 10.2. The van der Waals surface area contributed by atoms with E-state index in [1.807, 2.05) is 36.4 Å². The molecule has 0 saturated heterocycles. The molecule has 1 unspecified atom stereocenters. The zero-order valence-electron chi connectivity index (χ0n) is 11.2. The average Bonchev–Trinajstić information content (AvgIpc) is 2.88. The van der Waals surface area contributed by atoms with Crippen molar-refractivity contribution >= 4 is 23.3 Å². The highest BCUT2D eigenvalue weighted by Gasteiger charge is 2.16. The summed E-state index contributed by atoms with van der Waals surface area (Å²) in [5, 5.41) is 6.76. The Hall–Kier alpha value is -1.66. The number of rotatable bonds is 6. The zero-order valence-corrected chi connectivity index (χ0v) is 12.0. The fourth-order valence-corrected chi connectivity index (χ4v) is 2.33. The van der Waals surface area contributed by atoms with Crippen LogP contribution in [0.2, 0.25) is 0 Å². The van der Waals surface area contributed by atoms with Gasteiger partial charge in [0, 0.05) is 17.5 Å². The van der Waals surface area contributed by atoms with Crippen LogP contribution in [0.5, 0.6) is 0 Å². The van der Waals surface area contributed by atoms with Crippen molar-refractivity contribution in [3.8, 4) is 0 Å². The van der Waals surface area contributed by atoms with Crippen LogP contribution in [-0.4, -0.2) is 37.0 Å². The van der Waals surface area contributed by atoms with Gasteiger partial charge in [-0.3, -0.25) is 15.0 Å². The van der Waals surface area contributed by atoms with E-state index in [9.17, 15) is 9.59 Å². The molecule has 0 aromatic carbocycles. The maximum Gasteiger partial charge on any atom is 0.321 e. The highest BCUT2D eigenvalue weighted by molar-refractivity contribution is 7.10. The van der Waals surface area contributed by atoms with E-state index in [0.717, 1.165) is 0 Å². The fraction of sp³-hybridized carbons (Fsp3) is 0.385. The number of likely N-dealkylation sites (N-methyl/N-ethyl adjacent to an activating group) is 1. The Morgan fingerprint density at radius 1 is 1.58 bits per heavy atom. The Kier molecular flexibility index (Phi) is 6.24. The second kappa shape index (κ2) is 7.70. The van der Waals surface area contributed by atoms with E-state index in [4.69, 9.17) is 0 Å². The first-order chi connectivity index (χ1) is 9.04. The summed E-state index contributed by atoms with van der Waals surface area (Å²) in [4.78, 5) is 26.0. The standard InChI is InChI=1S/C13H19N3O2S/c1-4-7-14-13(18)15-12(17)9-16(3)10(2)11-6-5-8-19-11/h4-6,8,10H,1,7,9H2,2-3H3,(H2,14,15,17,18). The molecule has 0 spiro atoms. The molecule has 0 aliphatic heterocycles. The Bertz CT molecular complexity index is 431. The molecular formula is C13H19N3O2S. The first-order valence-corrected chi connectivity index (χ1v) is 6.84. The van der Waals surface area contributed by atoms with Crippen molar-refractivity contribution in [3.63, 3.8) is 0 Å². The minimum absolute atomic E-state index is 0.141. The predicted octanol–water partition coefficient (Wildman–Crippen LogP) is 1.75. The minimum atomic E-state index is -0.498. The molecule has 1 atom stereocenters. The van der Waals surface area contributed by atoms with Gasteiger partial charge >= 0.3 is 6.03 Å². The molecule has 0 fully saturated rings. The summed E-state index contributed by atoms with van der Waals surface area (Å²) in [7, 11) is 1.85. The number of nitrogens with one attached hydrogen (secondary N) is 2. The summed E-state index contributed by atoms with van der Waals surface area (Å²) >= 11 is 1.65. The van der Waals surface area contributed by atoms with Crippen molar-refractivity contribution in [2.75, 3.05) is 20.1 Å². The van der Waals surface area contributed by atoms with Crippen LogP contribution in [0.4, 0.5) is 4.79 Å². The number of nitrogens with zero attached hydrogens (tertiary/aromatic N) is 1. The van der Waals surface area contributed by atoms with Crippen LogP contribution < -0.4 is 10.6 Å². The smallest absolute Gasteiger partial charge is 0.321 e. The number of imide groups is 1. The van der Waals surface area contributed by atoms with Gasteiger partial charge in [-0.25, -0.2) is 4.79 Å². The van der Waals surface area contributed by atoms with Crippen LogP contribution in [-0.2, 0) is 4.79 Å². The number of thiophene rings is 1. The molecule has 5 nitrogen and oxygen atoms in total. The number of amides is 3. The fourth-order valence-electron chi connectivity index (χ4n) is 1.48. The molecule has 0 aliphatic rings. The molecular weight excluding hydrogens is 262 g/mol. The van der Waals surface area contributed by atoms with Crippen molar-refractivity contribution in [2.45, 2.75) is 13.0 Å². The Labute approximate surface area is 117 Å². The number of carbonyl (C=O) groups excluding carboxylic acids is 2. The maximum atomic E-state index is 11.7. The zero-order chi connectivity index (χ0) is 14.3. The van der Waals surface area contributed by atoms with Gasteiger partial charge in [-0.05, 0) is 25.4 Å². The van der Waals surface area contributed by atoms with Crippen molar-refractivity contribution in [2.24, 2.45) is 0 Å². The highest BCUT2D eigenvalue weighted by Crippen LogP contribution is 2.22. The van der Waals surface area contributed by atoms with Gasteiger partial charge in [-0.15, -0.1) is 17.9 Å². The number of hydrogen-bond donors (Lipinski definition) is 2. The molecule has 0 aliphatic carbocycles. The van der Waals surface area contributed by atoms with Gasteiger partial charge < -0.3 is 5.32 Å². The van der Waals surface area contributed by atoms with E-state index in [0.29, 0.717) is 6.54 Å². The summed E-state index contributed by atoms with van der Waals surface area (Å²) < 4.78 is 0. The largest absolute Gasteiger partial charge is 0.334 e. The molecule has 0 bridgehead atoms. The predicted molar refractivity (Wildman–Crippen MR) is 77.1 cm³/mol. The average molecular weight is 281 g/mol. The number of carbonyl (C=O) groups is 2. The second-order valence-electron chi connectivity index (χ2n) is 4.15. The molecule has 3 amide bonds. The van der Waals surface area contributed by atoms with E-state index in [2.05, 4.69) is 17.2 Å². The van der Waals surface area contributed by atoms with Crippen molar-refractivity contribution in [1.82, 2.24) is 15.5 Å². The van der Waals surface area contributed by atoms with Crippen LogP contribution in [0.3, 0.4) is 0 Å². The summed E-state index contributed by atoms with van der Waals surface area (Å²) in [5.41, 5.74) is 0. The third-order valence-corrected chi connectivity index (χ3v) is 3.71. The van der Waals surface area contributed by atoms with Crippen LogP contribution >= 0.6 is 11.3 Å². The van der Waals surface area contributed by atoms with Crippen LogP contribution in [0.15, 0.2) is 30.2 Å². The number of urea groups is 1. The lowest BCUT2D eigenvalue weighted by Crippen LogP contribution is -2.44. The van der Waals surface area contributed by atoms with Crippen LogP contribution in [0.1, 0.15) is 17.8 Å². The lowest BCUT2D eigenvalue weighted by molar-refractivity contribution is -0.121. The summed E-state index contributed by atoms with van der Waals surface area (Å²) in [6.45, 7) is 6.00. The topological polar surface area (TPSA) is 61.4 Å². The lowest BCUT2D eigenvalue weighted by Gasteiger charge is -2.22. The summed E-state index contributed by atoms with van der Waals surface area (Å²) in [6, 6.07) is 3.65. The Morgan fingerprint density at radius 3 is 2.89 bits per heavy atom. The molecule has 0 saturated carbocycles. The monoisotopic (exact) mass is 281 g/mol. The quantitative estimate of drug-likeness (QED) is 0.781. The normalized spacial score (nSPS) is 11.9. The first-order valence-electron chi connectivity index (χ1n) is 5.96. The van der Waals surface area contributed by atoms with Gasteiger partial charge in [0.2, 0.25) is 5.91 Å². The summed E-state index contributed by atoms with van der Waals surface area (Å²) in [5.74, 6) is -0.326. The van der Waals surface area contributed by atoms with Crippen molar-refractivity contribution in [1.29, 1.82) is 0 Å². The Balaban J connectivity index is 2.39. The van der Waals surface area contributed by atoms with E-state index in [1.54, 1.807) is 17.4 Å². The van der Waals surface area contributed by atoms with Crippen LogP contribution in [0, 0.1) is 0 Å². The molecule has 1 aromatic rings. The molecule has 104 valence electrons. The third kappa shape index (κ3) is 5.23. The molecule has 2 N–H and O–H groups in total. The third-order valence-electron chi connectivity index (χ3n) is 2.67. The van der Waals surface area contributed by atoms with E-state index in [1.165, 1.54) is 4.88 Å². The molecule has 19 heavy (non-hydrogen) atoms. The van der Waals surface area contributed by atoms with Gasteiger partial charge in [-0.2, -0.15) is 0 Å². The Morgan fingerprint density at radius 2 is 2.32 bits per heavy atom. The molecule has 0 radical (unpaired) electrons. The highest BCUT2D eigenvalue weighted by atomic mass is 32.1. The second-order valence-corrected chi connectivity index (χ2v) is 5.13. The van der Waals surface area contributed by atoms with Gasteiger partial charge in [-0.1, -0.05) is 12.1 Å². The molecule has 6 heteroatoms.